The number of hydrogen-bond acceptors (Lipinski definition) is 2. The molecule has 1 aromatic rings. The van der Waals surface area contributed by atoms with Gasteiger partial charge in [-0.05, 0) is 24.4 Å². The van der Waals surface area contributed by atoms with Gasteiger partial charge in [-0.15, -0.1) is 0 Å². The Morgan fingerprint density at radius 2 is 1.93 bits per heavy atom. The molecule has 0 heterocycles. The standard InChI is InChI=1S/C8H6Cl3N3S/c9-5-1-2-6(10)7(11)4(5)3-13-14-8(12)15/h1-3H,(H3,12,14,15). The predicted octanol–water partition coefficient (Wildman–Crippen LogP) is 2.81. The van der Waals surface area contributed by atoms with Crippen LogP contribution in [-0.4, -0.2) is 11.3 Å². The lowest BCUT2D eigenvalue weighted by molar-refractivity contribution is 1.04. The fourth-order valence-electron chi connectivity index (χ4n) is 0.822. The van der Waals surface area contributed by atoms with Gasteiger partial charge in [0.1, 0.15) is 0 Å². The highest BCUT2D eigenvalue weighted by molar-refractivity contribution is 7.80. The molecule has 1 aromatic carbocycles. The van der Waals surface area contributed by atoms with Crippen LogP contribution < -0.4 is 11.2 Å². The topological polar surface area (TPSA) is 50.4 Å². The number of hydrogen-bond donors (Lipinski definition) is 2. The number of halogens is 3. The zero-order valence-electron chi connectivity index (χ0n) is 7.30. The number of benzene rings is 1. The van der Waals surface area contributed by atoms with Crippen LogP contribution in [0.15, 0.2) is 17.2 Å². The average molecular weight is 283 g/mol. The molecule has 0 spiro atoms. The van der Waals surface area contributed by atoms with Gasteiger partial charge in [-0.2, -0.15) is 5.10 Å². The van der Waals surface area contributed by atoms with Gasteiger partial charge < -0.3 is 5.73 Å². The van der Waals surface area contributed by atoms with E-state index in [2.05, 4.69) is 22.7 Å². The van der Waals surface area contributed by atoms with E-state index in [0.717, 1.165) is 0 Å². The molecule has 0 saturated carbocycles. The smallest absolute Gasteiger partial charge is 0.184 e. The average Bonchev–Trinajstić information content (AvgIpc) is 2.17. The van der Waals surface area contributed by atoms with Crippen LogP contribution in [0.2, 0.25) is 15.1 Å². The molecule has 3 N–H and O–H groups in total. The zero-order valence-corrected chi connectivity index (χ0v) is 10.4. The summed E-state index contributed by atoms with van der Waals surface area (Å²) in [5, 5.41) is 4.97. The van der Waals surface area contributed by atoms with Crippen LogP contribution in [0, 0.1) is 0 Å². The third-order valence-electron chi connectivity index (χ3n) is 1.45. The maximum atomic E-state index is 5.91. The first-order chi connectivity index (χ1) is 7.02. The fourth-order valence-corrected chi connectivity index (χ4v) is 1.51. The summed E-state index contributed by atoms with van der Waals surface area (Å²) >= 11 is 22.2. The van der Waals surface area contributed by atoms with Crippen molar-refractivity contribution in [3.05, 3.63) is 32.8 Å². The quantitative estimate of drug-likeness (QED) is 0.379. The largest absolute Gasteiger partial charge is 0.375 e. The van der Waals surface area contributed by atoms with Crippen molar-refractivity contribution in [3.8, 4) is 0 Å². The summed E-state index contributed by atoms with van der Waals surface area (Å²) < 4.78 is 0. The summed E-state index contributed by atoms with van der Waals surface area (Å²) in [5.74, 6) is 0. The molecule has 7 heteroatoms. The molecule has 15 heavy (non-hydrogen) atoms. The van der Waals surface area contributed by atoms with Crippen LogP contribution >= 0.6 is 47.0 Å². The van der Waals surface area contributed by atoms with Crippen molar-refractivity contribution in [1.82, 2.24) is 5.43 Å². The van der Waals surface area contributed by atoms with Gasteiger partial charge in [-0.1, -0.05) is 34.8 Å². The molecule has 0 atom stereocenters. The van der Waals surface area contributed by atoms with Gasteiger partial charge in [0.05, 0.1) is 21.3 Å². The van der Waals surface area contributed by atoms with Crippen molar-refractivity contribution in [2.75, 3.05) is 0 Å². The van der Waals surface area contributed by atoms with Gasteiger partial charge in [0, 0.05) is 5.56 Å². The third-order valence-corrected chi connectivity index (χ3v) is 2.69. The lowest BCUT2D eigenvalue weighted by Gasteiger charge is -2.02. The Hall–Kier alpha value is -0.550. The normalized spacial score (nSPS) is 10.6. The summed E-state index contributed by atoms with van der Waals surface area (Å²) in [7, 11) is 0. The molecule has 0 aliphatic rings. The Balaban J connectivity index is 2.98. The first-order valence-corrected chi connectivity index (χ1v) is 5.28. The van der Waals surface area contributed by atoms with Gasteiger partial charge >= 0.3 is 0 Å². The first kappa shape index (κ1) is 12.5. The molecule has 0 saturated heterocycles. The van der Waals surface area contributed by atoms with Crippen LogP contribution in [0.5, 0.6) is 0 Å². The third kappa shape index (κ3) is 3.50. The van der Waals surface area contributed by atoms with E-state index < -0.39 is 0 Å². The Labute approximate surface area is 107 Å². The van der Waals surface area contributed by atoms with Crippen molar-refractivity contribution in [1.29, 1.82) is 0 Å². The van der Waals surface area contributed by atoms with E-state index in [1.54, 1.807) is 12.1 Å². The summed E-state index contributed by atoms with van der Waals surface area (Å²) in [4.78, 5) is 0. The molecule has 0 fully saturated rings. The van der Waals surface area contributed by atoms with Gasteiger partial charge in [0.2, 0.25) is 0 Å². The molecular weight excluding hydrogens is 277 g/mol. The van der Waals surface area contributed by atoms with Crippen molar-refractivity contribution in [3.63, 3.8) is 0 Å². The molecule has 0 unspecified atom stereocenters. The lowest BCUT2D eigenvalue weighted by Crippen LogP contribution is -2.24. The molecule has 0 bridgehead atoms. The number of rotatable bonds is 2. The van der Waals surface area contributed by atoms with Gasteiger partial charge in [-0.25, -0.2) is 0 Å². The highest BCUT2D eigenvalue weighted by atomic mass is 35.5. The molecule has 0 aromatic heterocycles. The maximum Gasteiger partial charge on any atom is 0.184 e. The van der Waals surface area contributed by atoms with E-state index in [0.29, 0.717) is 20.6 Å². The van der Waals surface area contributed by atoms with Crippen molar-refractivity contribution >= 4 is 58.3 Å². The van der Waals surface area contributed by atoms with Crippen LogP contribution in [0.25, 0.3) is 0 Å². The summed E-state index contributed by atoms with van der Waals surface area (Å²) in [5.41, 5.74) is 8.07. The highest BCUT2D eigenvalue weighted by Crippen LogP contribution is 2.29. The Kier molecular flexibility index (Phi) is 4.60. The van der Waals surface area contributed by atoms with E-state index in [-0.39, 0.29) is 5.11 Å². The minimum atomic E-state index is 0.0560. The van der Waals surface area contributed by atoms with Crippen LogP contribution in [0.1, 0.15) is 5.56 Å². The lowest BCUT2D eigenvalue weighted by atomic mass is 10.2. The summed E-state index contributed by atoms with van der Waals surface area (Å²) in [6.07, 6.45) is 1.40. The SMILES string of the molecule is NC(=S)NN=Cc1c(Cl)ccc(Cl)c1Cl. The van der Waals surface area contributed by atoms with Crippen molar-refractivity contribution < 1.29 is 0 Å². The molecular formula is C8H6Cl3N3S. The maximum absolute atomic E-state index is 5.91. The zero-order chi connectivity index (χ0) is 11.4. The van der Waals surface area contributed by atoms with Gasteiger partial charge in [-0.3, -0.25) is 5.43 Å². The number of nitrogens with two attached hydrogens (primary N) is 1. The Morgan fingerprint density at radius 3 is 2.53 bits per heavy atom. The molecule has 0 aliphatic carbocycles. The Morgan fingerprint density at radius 1 is 1.33 bits per heavy atom. The van der Waals surface area contributed by atoms with E-state index in [9.17, 15) is 0 Å². The van der Waals surface area contributed by atoms with Crippen LogP contribution in [0.4, 0.5) is 0 Å². The number of nitrogens with zero attached hydrogens (tertiary/aromatic N) is 1. The number of hydrazone groups is 1. The predicted molar refractivity (Wildman–Crippen MR) is 69.0 cm³/mol. The monoisotopic (exact) mass is 281 g/mol. The van der Waals surface area contributed by atoms with E-state index in [1.807, 2.05) is 0 Å². The Bertz CT molecular complexity index is 420. The minimum absolute atomic E-state index is 0.0560. The first-order valence-electron chi connectivity index (χ1n) is 3.74. The molecule has 0 amide bonds. The molecule has 80 valence electrons. The number of nitrogens with one attached hydrogen (secondary N) is 1. The highest BCUT2D eigenvalue weighted by Gasteiger charge is 2.06. The summed E-state index contributed by atoms with van der Waals surface area (Å²) in [6, 6.07) is 3.22. The van der Waals surface area contributed by atoms with E-state index in [1.165, 1.54) is 6.21 Å². The second kappa shape index (κ2) is 5.51. The van der Waals surface area contributed by atoms with Crippen LogP contribution in [-0.2, 0) is 0 Å². The van der Waals surface area contributed by atoms with Crippen LogP contribution in [0.3, 0.4) is 0 Å². The van der Waals surface area contributed by atoms with Gasteiger partial charge in [0.15, 0.2) is 5.11 Å². The van der Waals surface area contributed by atoms with Gasteiger partial charge in [0.25, 0.3) is 0 Å². The minimum Gasteiger partial charge on any atom is -0.375 e. The fraction of sp³-hybridized carbons (Fsp3) is 0. The molecule has 0 radical (unpaired) electrons. The number of thiocarbonyl (C=S) groups is 1. The second-order valence-corrected chi connectivity index (χ2v) is 4.12. The molecule has 1 rings (SSSR count). The second-order valence-electron chi connectivity index (χ2n) is 2.49. The van der Waals surface area contributed by atoms with E-state index >= 15 is 0 Å². The molecule has 3 nitrogen and oxygen atoms in total. The van der Waals surface area contributed by atoms with Crippen molar-refractivity contribution in [2.45, 2.75) is 0 Å². The molecule has 0 aliphatic heterocycles. The summed E-state index contributed by atoms with van der Waals surface area (Å²) in [6.45, 7) is 0. The van der Waals surface area contributed by atoms with Crippen molar-refractivity contribution in [2.24, 2.45) is 10.8 Å². The van der Waals surface area contributed by atoms with E-state index in [4.69, 9.17) is 40.5 Å².